The fourth-order valence-corrected chi connectivity index (χ4v) is 4.98. The summed E-state index contributed by atoms with van der Waals surface area (Å²) >= 11 is 1.43. The number of thiazole rings is 1. The number of amides is 2. The van der Waals surface area contributed by atoms with Crippen molar-refractivity contribution in [3.8, 4) is 0 Å². The molecule has 4 rings (SSSR count). The molecular weight excluding hydrogens is 424 g/mol. The topological polar surface area (TPSA) is 74.8 Å². The van der Waals surface area contributed by atoms with Gasteiger partial charge in [-0.2, -0.15) is 0 Å². The Morgan fingerprint density at radius 1 is 1.16 bits per heavy atom. The second-order valence-electron chi connectivity index (χ2n) is 9.48. The van der Waals surface area contributed by atoms with E-state index in [-0.39, 0.29) is 23.3 Å². The lowest BCUT2D eigenvalue weighted by Gasteiger charge is -2.30. The van der Waals surface area contributed by atoms with Gasteiger partial charge in [0.1, 0.15) is 0 Å². The van der Waals surface area contributed by atoms with Gasteiger partial charge < -0.3 is 9.64 Å². The number of anilines is 1. The standard InChI is InChI=1S/C24H32N4O3S/c1-24(2,3)18-8-6-17(7-9-18)22(30)26-23-25-19(16-32-23)20-5-4-10-28(20)15-21(29)27-11-13-31-14-12-27/h6-9,16,20H,4-5,10-15H2,1-3H3,(H,25,26,30)/t20-/m1/s1. The molecule has 32 heavy (non-hydrogen) atoms. The van der Waals surface area contributed by atoms with E-state index >= 15 is 0 Å². The zero-order valence-corrected chi connectivity index (χ0v) is 19.9. The summed E-state index contributed by atoms with van der Waals surface area (Å²) in [4.78, 5) is 34.1. The van der Waals surface area contributed by atoms with E-state index in [4.69, 9.17) is 4.74 Å². The monoisotopic (exact) mass is 456 g/mol. The van der Waals surface area contributed by atoms with Crippen LogP contribution in [0.3, 0.4) is 0 Å². The van der Waals surface area contributed by atoms with Crippen LogP contribution in [0.1, 0.15) is 61.3 Å². The van der Waals surface area contributed by atoms with Crippen molar-refractivity contribution in [1.29, 1.82) is 0 Å². The minimum absolute atomic E-state index is 0.0511. The van der Waals surface area contributed by atoms with Crippen molar-refractivity contribution in [1.82, 2.24) is 14.8 Å². The van der Waals surface area contributed by atoms with Crippen LogP contribution in [0.4, 0.5) is 5.13 Å². The Morgan fingerprint density at radius 3 is 2.56 bits per heavy atom. The van der Waals surface area contributed by atoms with Gasteiger partial charge in [-0.1, -0.05) is 32.9 Å². The van der Waals surface area contributed by atoms with E-state index in [0.717, 1.165) is 25.1 Å². The zero-order chi connectivity index (χ0) is 22.7. The SMILES string of the molecule is CC(C)(C)c1ccc(C(=O)Nc2nc([C@H]3CCCN3CC(=O)N3CCOCC3)cs2)cc1. The van der Waals surface area contributed by atoms with Crippen LogP contribution < -0.4 is 5.32 Å². The van der Waals surface area contributed by atoms with Gasteiger partial charge in [-0.15, -0.1) is 11.3 Å². The number of rotatable bonds is 5. The van der Waals surface area contributed by atoms with Gasteiger partial charge in [0.2, 0.25) is 5.91 Å². The van der Waals surface area contributed by atoms with Crippen LogP contribution in [0.5, 0.6) is 0 Å². The van der Waals surface area contributed by atoms with Crippen molar-refractivity contribution >= 4 is 28.3 Å². The number of morpholine rings is 1. The Bertz CT molecular complexity index is 945. The van der Waals surface area contributed by atoms with Crippen LogP contribution in [0, 0.1) is 0 Å². The normalized spacial score (nSPS) is 19.8. The molecule has 2 aromatic rings. The molecule has 2 saturated heterocycles. The number of ether oxygens (including phenoxy) is 1. The van der Waals surface area contributed by atoms with Crippen molar-refractivity contribution in [3.63, 3.8) is 0 Å². The summed E-state index contributed by atoms with van der Waals surface area (Å²) in [6.07, 6.45) is 2.02. The van der Waals surface area contributed by atoms with Crippen LogP contribution >= 0.6 is 11.3 Å². The van der Waals surface area contributed by atoms with Gasteiger partial charge in [0.05, 0.1) is 31.5 Å². The molecule has 2 amide bonds. The third kappa shape index (κ3) is 5.36. The van der Waals surface area contributed by atoms with E-state index in [0.29, 0.717) is 43.5 Å². The zero-order valence-electron chi connectivity index (χ0n) is 19.1. The second-order valence-corrected chi connectivity index (χ2v) is 10.3. The number of likely N-dealkylation sites (tertiary alicyclic amines) is 1. The van der Waals surface area contributed by atoms with Gasteiger partial charge in [-0.3, -0.25) is 19.8 Å². The Morgan fingerprint density at radius 2 is 1.88 bits per heavy atom. The van der Waals surface area contributed by atoms with Crippen molar-refractivity contribution in [2.45, 2.75) is 45.1 Å². The molecule has 2 aliphatic rings. The summed E-state index contributed by atoms with van der Waals surface area (Å²) in [5.41, 5.74) is 2.79. The molecule has 3 heterocycles. The third-order valence-electron chi connectivity index (χ3n) is 6.16. The van der Waals surface area contributed by atoms with Gasteiger partial charge >= 0.3 is 0 Å². The van der Waals surface area contributed by atoms with E-state index in [1.807, 2.05) is 34.5 Å². The van der Waals surface area contributed by atoms with E-state index in [1.54, 1.807) is 0 Å². The summed E-state index contributed by atoms with van der Waals surface area (Å²) < 4.78 is 5.35. The molecular formula is C24H32N4O3S. The maximum absolute atomic E-state index is 12.7. The largest absolute Gasteiger partial charge is 0.378 e. The quantitative estimate of drug-likeness (QED) is 0.743. The fourth-order valence-electron chi connectivity index (χ4n) is 4.22. The minimum Gasteiger partial charge on any atom is -0.378 e. The number of hydrogen-bond donors (Lipinski definition) is 1. The van der Waals surface area contributed by atoms with Crippen molar-refractivity contribution in [3.05, 3.63) is 46.5 Å². The average Bonchev–Trinajstić information content (AvgIpc) is 3.43. The smallest absolute Gasteiger partial charge is 0.257 e. The van der Waals surface area contributed by atoms with Gasteiger partial charge in [0.25, 0.3) is 5.91 Å². The molecule has 0 saturated carbocycles. The maximum atomic E-state index is 12.7. The molecule has 172 valence electrons. The molecule has 1 aromatic heterocycles. The van der Waals surface area contributed by atoms with E-state index in [2.05, 4.69) is 36.0 Å². The predicted molar refractivity (Wildman–Crippen MR) is 126 cm³/mol. The molecule has 2 fully saturated rings. The lowest BCUT2D eigenvalue weighted by molar-refractivity contribution is -0.136. The molecule has 8 heteroatoms. The average molecular weight is 457 g/mol. The van der Waals surface area contributed by atoms with Gasteiger partial charge in [0, 0.05) is 24.0 Å². The first kappa shape index (κ1) is 22.9. The third-order valence-corrected chi connectivity index (χ3v) is 6.94. The van der Waals surface area contributed by atoms with E-state index in [9.17, 15) is 9.59 Å². The summed E-state index contributed by atoms with van der Waals surface area (Å²) in [7, 11) is 0. The summed E-state index contributed by atoms with van der Waals surface area (Å²) in [6.45, 7) is 10.3. The van der Waals surface area contributed by atoms with Crippen molar-refractivity contribution < 1.29 is 14.3 Å². The van der Waals surface area contributed by atoms with Gasteiger partial charge in [-0.25, -0.2) is 4.98 Å². The number of aromatic nitrogens is 1. The Labute approximate surface area is 193 Å². The fraction of sp³-hybridized carbons (Fsp3) is 0.542. The molecule has 2 aliphatic heterocycles. The Hall–Kier alpha value is -2.29. The molecule has 0 radical (unpaired) electrons. The second kappa shape index (κ2) is 9.68. The van der Waals surface area contributed by atoms with Gasteiger partial charge in [-0.05, 0) is 42.5 Å². The van der Waals surface area contributed by atoms with Crippen molar-refractivity contribution in [2.24, 2.45) is 0 Å². The lowest BCUT2D eigenvalue weighted by Crippen LogP contribution is -2.45. The number of nitrogens with zero attached hydrogens (tertiary/aromatic N) is 3. The highest BCUT2D eigenvalue weighted by molar-refractivity contribution is 7.14. The van der Waals surface area contributed by atoms with Crippen LogP contribution in [0.15, 0.2) is 29.6 Å². The highest BCUT2D eigenvalue weighted by atomic mass is 32.1. The number of benzene rings is 1. The molecule has 1 atom stereocenters. The molecule has 0 aliphatic carbocycles. The number of carbonyl (C=O) groups excluding carboxylic acids is 2. The summed E-state index contributed by atoms with van der Waals surface area (Å²) in [5.74, 6) is -0.000193. The van der Waals surface area contributed by atoms with Crippen LogP contribution in [-0.2, 0) is 14.9 Å². The predicted octanol–water partition coefficient (Wildman–Crippen LogP) is 3.69. The molecule has 0 spiro atoms. The van der Waals surface area contributed by atoms with Crippen LogP contribution in [-0.4, -0.2) is 66.0 Å². The van der Waals surface area contributed by atoms with Gasteiger partial charge in [0.15, 0.2) is 5.13 Å². The maximum Gasteiger partial charge on any atom is 0.257 e. The van der Waals surface area contributed by atoms with Crippen molar-refractivity contribution in [2.75, 3.05) is 44.7 Å². The molecule has 0 unspecified atom stereocenters. The first-order chi connectivity index (χ1) is 15.3. The number of hydrogen-bond acceptors (Lipinski definition) is 6. The summed E-state index contributed by atoms with van der Waals surface area (Å²) in [5, 5.41) is 5.52. The Balaban J connectivity index is 1.37. The molecule has 7 nitrogen and oxygen atoms in total. The number of nitrogens with one attached hydrogen (secondary N) is 1. The van der Waals surface area contributed by atoms with Crippen LogP contribution in [0.25, 0.3) is 0 Å². The lowest BCUT2D eigenvalue weighted by atomic mass is 9.87. The molecule has 1 N–H and O–H groups in total. The Kier molecular flexibility index (Phi) is 6.93. The minimum atomic E-state index is -0.155. The first-order valence-corrected chi connectivity index (χ1v) is 12.2. The molecule has 0 bridgehead atoms. The van der Waals surface area contributed by atoms with E-state index < -0.39 is 0 Å². The highest BCUT2D eigenvalue weighted by Crippen LogP contribution is 2.33. The summed E-state index contributed by atoms with van der Waals surface area (Å²) in [6, 6.07) is 7.85. The van der Waals surface area contributed by atoms with Crippen LogP contribution in [0.2, 0.25) is 0 Å². The van der Waals surface area contributed by atoms with E-state index in [1.165, 1.54) is 16.9 Å². The first-order valence-electron chi connectivity index (χ1n) is 11.3. The highest BCUT2D eigenvalue weighted by Gasteiger charge is 2.31. The molecule has 1 aromatic carbocycles. The number of carbonyl (C=O) groups is 2.